The Morgan fingerprint density at radius 1 is 1.07 bits per heavy atom. The van der Waals surface area contributed by atoms with Crippen LogP contribution in [0.4, 0.5) is 9.18 Å². The minimum Gasteiger partial charge on any atom is -0.409 e. The molecule has 0 saturated carbocycles. The van der Waals surface area contributed by atoms with Crippen LogP contribution in [0, 0.1) is 5.82 Å². The molecule has 2 aromatic heterocycles. The number of fused-ring (bicyclic) bond motifs is 1. The first-order valence-corrected chi connectivity index (χ1v) is 8.42. The normalized spacial score (nSPS) is 14.4. The number of benzene rings is 1. The Balaban J connectivity index is 1.39. The van der Waals surface area contributed by atoms with Gasteiger partial charge in [0.2, 0.25) is 0 Å². The van der Waals surface area contributed by atoms with Gasteiger partial charge in [-0.25, -0.2) is 14.2 Å². The molecule has 1 N–H and O–H groups in total. The van der Waals surface area contributed by atoms with Crippen LogP contribution >= 0.6 is 0 Å². The highest BCUT2D eigenvalue weighted by Crippen LogP contribution is 2.17. The Morgan fingerprint density at radius 3 is 2.56 bits per heavy atom. The maximum Gasteiger partial charge on any atom is 0.415 e. The van der Waals surface area contributed by atoms with Crippen molar-refractivity contribution in [3.05, 3.63) is 54.4 Å². The Hall–Kier alpha value is -3.49. The lowest BCUT2D eigenvalue weighted by molar-refractivity contribution is 0.0623. The van der Waals surface area contributed by atoms with E-state index in [4.69, 9.17) is 4.74 Å². The van der Waals surface area contributed by atoms with Gasteiger partial charge >= 0.3 is 6.09 Å². The lowest BCUT2D eigenvalue weighted by atomic mass is 10.3. The third-order valence-corrected chi connectivity index (χ3v) is 4.33. The molecule has 4 rings (SSSR count). The molecular formula is C18H16FN5O3. The van der Waals surface area contributed by atoms with Crippen molar-refractivity contribution in [1.29, 1.82) is 0 Å². The number of imidazole rings is 1. The molecule has 1 aromatic carbocycles. The van der Waals surface area contributed by atoms with Gasteiger partial charge in [-0.05, 0) is 24.3 Å². The van der Waals surface area contributed by atoms with Crippen LogP contribution in [-0.4, -0.2) is 62.9 Å². The summed E-state index contributed by atoms with van der Waals surface area (Å²) in [4.78, 5) is 38.7. The predicted molar refractivity (Wildman–Crippen MR) is 93.8 cm³/mol. The summed E-state index contributed by atoms with van der Waals surface area (Å²) in [6, 6.07) is 7.83. The SMILES string of the molecule is O=C(Oc1cccnc1)N1CCN(C(=O)c2nc3c(F)cccc3[nH]2)CC1. The van der Waals surface area contributed by atoms with Crippen molar-refractivity contribution in [3.8, 4) is 5.75 Å². The lowest BCUT2D eigenvalue weighted by Crippen LogP contribution is -2.51. The number of H-pyrrole nitrogens is 1. The molecule has 3 heterocycles. The van der Waals surface area contributed by atoms with Crippen molar-refractivity contribution in [2.75, 3.05) is 26.2 Å². The highest BCUT2D eigenvalue weighted by molar-refractivity contribution is 5.94. The van der Waals surface area contributed by atoms with Crippen molar-refractivity contribution < 1.29 is 18.7 Å². The number of hydrogen-bond acceptors (Lipinski definition) is 5. The fourth-order valence-corrected chi connectivity index (χ4v) is 2.91. The fraction of sp³-hybridized carbons (Fsp3) is 0.222. The lowest BCUT2D eigenvalue weighted by Gasteiger charge is -2.33. The van der Waals surface area contributed by atoms with E-state index in [0.717, 1.165) is 0 Å². The van der Waals surface area contributed by atoms with Gasteiger partial charge in [0.25, 0.3) is 5.91 Å². The number of pyridine rings is 1. The van der Waals surface area contributed by atoms with E-state index in [0.29, 0.717) is 37.4 Å². The Bertz CT molecular complexity index is 983. The van der Waals surface area contributed by atoms with Gasteiger partial charge in [-0.2, -0.15) is 0 Å². The van der Waals surface area contributed by atoms with E-state index in [9.17, 15) is 14.0 Å². The number of ether oxygens (including phenoxy) is 1. The number of hydrogen-bond donors (Lipinski definition) is 1. The zero-order valence-corrected chi connectivity index (χ0v) is 14.3. The van der Waals surface area contributed by atoms with E-state index in [1.807, 2.05) is 0 Å². The summed E-state index contributed by atoms with van der Waals surface area (Å²) < 4.78 is 19.0. The van der Waals surface area contributed by atoms with Crippen molar-refractivity contribution >= 4 is 23.0 Å². The van der Waals surface area contributed by atoms with Crippen LogP contribution in [0.25, 0.3) is 11.0 Å². The molecule has 8 nitrogen and oxygen atoms in total. The number of carbonyl (C=O) groups is 2. The Kier molecular flexibility index (Phi) is 4.41. The van der Waals surface area contributed by atoms with E-state index in [1.54, 1.807) is 35.4 Å². The van der Waals surface area contributed by atoms with Gasteiger partial charge in [0.15, 0.2) is 17.4 Å². The van der Waals surface area contributed by atoms with Gasteiger partial charge in [-0.1, -0.05) is 6.07 Å². The maximum atomic E-state index is 13.8. The minimum atomic E-state index is -0.485. The quantitative estimate of drug-likeness (QED) is 0.747. The van der Waals surface area contributed by atoms with E-state index >= 15 is 0 Å². The van der Waals surface area contributed by atoms with E-state index in [-0.39, 0.29) is 17.2 Å². The number of aromatic amines is 1. The minimum absolute atomic E-state index is 0.0847. The molecule has 3 aromatic rings. The number of piperazine rings is 1. The van der Waals surface area contributed by atoms with Gasteiger partial charge in [0.05, 0.1) is 11.7 Å². The third kappa shape index (κ3) is 3.43. The first-order chi connectivity index (χ1) is 13.1. The molecule has 0 bridgehead atoms. The van der Waals surface area contributed by atoms with Crippen molar-refractivity contribution in [3.63, 3.8) is 0 Å². The maximum absolute atomic E-state index is 13.8. The molecule has 1 fully saturated rings. The standard InChI is InChI=1S/C18H16FN5O3/c19-13-4-1-5-14-15(13)22-16(21-14)17(25)23-7-9-24(10-8-23)18(26)27-12-3-2-6-20-11-12/h1-6,11H,7-10H2,(H,21,22). The van der Waals surface area contributed by atoms with Crippen LogP contribution < -0.4 is 4.74 Å². The van der Waals surface area contributed by atoms with Gasteiger partial charge < -0.3 is 19.5 Å². The molecule has 1 aliphatic heterocycles. The second-order valence-electron chi connectivity index (χ2n) is 6.06. The summed E-state index contributed by atoms with van der Waals surface area (Å²) in [5, 5.41) is 0. The number of carbonyl (C=O) groups excluding carboxylic acids is 2. The number of amides is 2. The highest BCUT2D eigenvalue weighted by Gasteiger charge is 2.27. The molecular weight excluding hydrogens is 353 g/mol. The van der Waals surface area contributed by atoms with E-state index < -0.39 is 11.9 Å². The first-order valence-electron chi connectivity index (χ1n) is 8.42. The topological polar surface area (TPSA) is 91.4 Å². The number of nitrogens with zero attached hydrogens (tertiary/aromatic N) is 4. The van der Waals surface area contributed by atoms with Crippen molar-refractivity contribution in [1.82, 2.24) is 24.8 Å². The zero-order chi connectivity index (χ0) is 18.8. The number of nitrogens with one attached hydrogen (secondary N) is 1. The highest BCUT2D eigenvalue weighted by atomic mass is 19.1. The smallest absolute Gasteiger partial charge is 0.409 e. The van der Waals surface area contributed by atoms with Gasteiger partial charge in [-0.3, -0.25) is 9.78 Å². The summed E-state index contributed by atoms with van der Waals surface area (Å²) in [5.74, 6) is -0.358. The molecule has 0 aliphatic carbocycles. The average molecular weight is 369 g/mol. The second-order valence-corrected chi connectivity index (χ2v) is 6.06. The van der Waals surface area contributed by atoms with Crippen molar-refractivity contribution in [2.45, 2.75) is 0 Å². The summed E-state index contributed by atoms with van der Waals surface area (Å²) in [7, 11) is 0. The number of halogens is 1. The first kappa shape index (κ1) is 17.0. The van der Waals surface area contributed by atoms with Crippen LogP contribution in [-0.2, 0) is 0 Å². The largest absolute Gasteiger partial charge is 0.415 e. The van der Waals surface area contributed by atoms with Crippen LogP contribution in [0.1, 0.15) is 10.6 Å². The monoisotopic (exact) mass is 369 g/mol. The molecule has 138 valence electrons. The van der Waals surface area contributed by atoms with Crippen LogP contribution in [0.3, 0.4) is 0 Å². The summed E-state index contributed by atoms with van der Waals surface area (Å²) >= 11 is 0. The van der Waals surface area contributed by atoms with Crippen molar-refractivity contribution in [2.24, 2.45) is 0 Å². The number of rotatable bonds is 2. The molecule has 9 heteroatoms. The summed E-state index contributed by atoms with van der Waals surface area (Å²) in [6.45, 7) is 1.33. The summed E-state index contributed by atoms with van der Waals surface area (Å²) in [6.07, 6.45) is 2.56. The number of para-hydroxylation sites is 1. The predicted octanol–water partition coefficient (Wildman–Crippen LogP) is 2.05. The Morgan fingerprint density at radius 2 is 1.85 bits per heavy atom. The molecule has 1 aliphatic rings. The molecule has 0 atom stereocenters. The molecule has 0 spiro atoms. The third-order valence-electron chi connectivity index (χ3n) is 4.33. The molecule has 1 saturated heterocycles. The fourth-order valence-electron chi connectivity index (χ4n) is 2.91. The van der Waals surface area contributed by atoms with Crippen LogP contribution in [0.5, 0.6) is 5.75 Å². The molecule has 27 heavy (non-hydrogen) atoms. The van der Waals surface area contributed by atoms with Gasteiger partial charge in [-0.15, -0.1) is 0 Å². The number of aromatic nitrogens is 3. The second kappa shape index (κ2) is 7.02. The molecule has 2 amide bonds. The average Bonchev–Trinajstić information content (AvgIpc) is 3.14. The van der Waals surface area contributed by atoms with Crippen LogP contribution in [0.15, 0.2) is 42.7 Å². The molecule has 0 radical (unpaired) electrons. The van der Waals surface area contributed by atoms with Gasteiger partial charge in [0.1, 0.15) is 5.52 Å². The summed E-state index contributed by atoms with van der Waals surface area (Å²) in [5.41, 5.74) is 0.608. The van der Waals surface area contributed by atoms with Crippen LogP contribution in [0.2, 0.25) is 0 Å². The molecule has 0 unspecified atom stereocenters. The zero-order valence-electron chi connectivity index (χ0n) is 14.3. The van der Waals surface area contributed by atoms with E-state index in [2.05, 4.69) is 15.0 Å². The Labute approximate surface area is 153 Å². The van der Waals surface area contributed by atoms with Gasteiger partial charge in [0, 0.05) is 32.4 Å². The van der Waals surface area contributed by atoms with E-state index in [1.165, 1.54) is 17.2 Å².